The summed E-state index contributed by atoms with van der Waals surface area (Å²) in [6.45, 7) is 3.08. The van der Waals surface area contributed by atoms with E-state index in [0.717, 1.165) is 49.5 Å². The van der Waals surface area contributed by atoms with Gasteiger partial charge in [-0.2, -0.15) is 0 Å². The van der Waals surface area contributed by atoms with Gasteiger partial charge in [0.15, 0.2) is 0 Å². The van der Waals surface area contributed by atoms with E-state index in [1.165, 1.54) is 5.56 Å². The maximum absolute atomic E-state index is 12.2. The molecule has 0 bridgehead atoms. The van der Waals surface area contributed by atoms with Crippen LogP contribution in [0.25, 0.3) is 0 Å². The molecule has 0 unspecified atom stereocenters. The highest BCUT2D eigenvalue weighted by Gasteiger charge is 2.20. The molecular formula is C21H25ClN2O. The Kier molecular flexibility index (Phi) is 6.48. The van der Waals surface area contributed by atoms with Gasteiger partial charge in [-0.3, -0.25) is 9.69 Å². The second kappa shape index (κ2) is 9.02. The molecule has 0 radical (unpaired) electrons. The zero-order valence-electron chi connectivity index (χ0n) is 14.5. The molecule has 1 N–H and O–H groups in total. The topological polar surface area (TPSA) is 32.3 Å². The number of nitrogens with one attached hydrogen (secondary N) is 1. The van der Waals surface area contributed by atoms with Crippen molar-refractivity contribution in [2.45, 2.75) is 38.3 Å². The van der Waals surface area contributed by atoms with Crippen molar-refractivity contribution in [2.75, 3.05) is 13.1 Å². The number of benzene rings is 2. The molecule has 0 aliphatic carbocycles. The Hall–Kier alpha value is -1.84. The Morgan fingerprint density at radius 1 is 1.00 bits per heavy atom. The summed E-state index contributed by atoms with van der Waals surface area (Å²) in [6, 6.07) is 18.6. The predicted octanol–water partition coefficient (Wildman–Crippen LogP) is 4.05. The highest BCUT2D eigenvalue weighted by atomic mass is 35.5. The Morgan fingerprint density at radius 3 is 2.36 bits per heavy atom. The predicted molar refractivity (Wildman–Crippen MR) is 103 cm³/mol. The molecule has 25 heavy (non-hydrogen) atoms. The molecule has 0 spiro atoms. The van der Waals surface area contributed by atoms with Gasteiger partial charge in [-0.15, -0.1) is 0 Å². The van der Waals surface area contributed by atoms with Gasteiger partial charge in [-0.1, -0.05) is 54.1 Å². The summed E-state index contributed by atoms with van der Waals surface area (Å²) >= 11 is 5.88. The molecule has 1 aliphatic heterocycles. The minimum absolute atomic E-state index is 0.149. The van der Waals surface area contributed by atoms with Gasteiger partial charge in [0.2, 0.25) is 5.91 Å². The van der Waals surface area contributed by atoms with E-state index in [9.17, 15) is 4.79 Å². The van der Waals surface area contributed by atoms with Crippen molar-refractivity contribution in [1.82, 2.24) is 10.2 Å². The summed E-state index contributed by atoms with van der Waals surface area (Å²) in [5.41, 5.74) is 2.50. The SMILES string of the molecule is O=C(CCc1ccc(Cl)cc1)NC1CCN(Cc2ccccc2)CC1. The van der Waals surface area contributed by atoms with Crippen LogP contribution < -0.4 is 5.32 Å². The molecule has 3 rings (SSSR count). The van der Waals surface area contributed by atoms with Crippen molar-refractivity contribution in [3.63, 3.8) is 0 Å². The molecule has 2 aromatic rings. The summed E-state index contributed by atoms with van der Waals surface area (Å²) in [5, 5.41) is 3.93. The molecular weight excluding hydrogens is 332 g/mol. The van der Waals surface area contributed by atoms with Crippen LogP contribution in [0.2, 0.25) is 5.02 Å². The number of carbonyl (C=O) groups excluding carboxylic acids is 1. The van der Waals surface area contributed by atoms with E-state index < -0.39 is 0 Å². The maximum atomic E-state index is 12.2. The van der Waals surface area contributed by atoms with Crippen LogP contribution in [0, 0.1) is 0 Å². The van der Waals surface area contributed by atoms with E-state index in [-0.39, 0.29) is 5.91 Å². The molecule has 2 aromatic carbocycles. The molecule has 132 valence electrons. The number of rotatable bonds is 6. The lowest BCUT2D eigenvalue weighted by Crippen LogP contribution is -2.44. The quantitative estimate of drug-likeness (QED) is 0.846. The second-order valence-corrected chi connectivity index (χ2v) is 7.17. The zero-order valence-corrected chi connectivity index (χ0v) is 15.2. The van der Waals surface area contributed by atoms with Crippen LogP contribution in [0.5, 0.6) is 0 Å². The molecule has 1 saturated heterocycles. The minimum Gasteiger partial charge on any atom is -0.353 e. The smallest absolute Gasteiger partial charge is 0.220 e. The van der Waals surface area contributed by atoms with Crippen molar-refractivity contribution >= 4 is 17.5 Å². The number of nitrogens with zero attached hydrogens (tertiary/aromatic N) is 1. The standard InChI is InChI=1S/C21H25ClN2O/c22-19-9-6-17(7-10-19)8-11-21(25)23-20-12-14-24(15-13-20)16-18-4-2-1-3-5-18/h1-7,9-10,20H,8,11-16H2,(H,23,25). The summed E-state index contributed by atoms with van der Waals surface area (Å²) < 4.78 is 0. The first-order valence-electron chi connectivity index (χ1n) is 8.99. The third-order valence-corrected chi connectivity index (χ3v) is 5.01. The number of hydrogen-bond donors (Lipinski definition) is 1. The van der Waals surface area contributed by atoms with Gasteiger partial charge in [0.25, 0.3) is 0 Å². The first-order valence-corrected chi connectivity index (χ1v) is 9.37. The van der Waals surface area contributed by atoms with Crippen LogP contribution in [0.15, 0.2) is 54.6 Å². The number of likely N-dealkylation sites (tertiary alicyclic amines) is 1. The van der Waals surface area contributed by atoms with Gasteiger partial charge in [0.1, 0.15) is 0 Å². The fourth-order valence-corrected chi connectivity index (χ4v) is 3.41. The van der Waals surface area contributed by atoms with Crippen LogP contribution in [0.4, 0.5) is 0 Å². The van der Waals surface area contributed by atoms with Crippen molar-refractivity contribution in [3.8, 4) is 0 Å². The average Bonchev–Trinajstić information content (AvgIpc) is 2.64. The second-order valence-electron chi connectivity index (χ2n) is 6.73. The molecule has 4 heteroatoms. The van der Waals surface area contributed by atoms with E-state index in [2.05, 4.69) is 40.5 Å². The van der Waals surface area contributed by atoms with Gasteiger partial charge in [0, 0.05) is 37.1 Å². The number of piperidine rings is 1. The van der Waals surface area contributed by atoms with Crippen molar-refractivity contribution in [2.24, 2.45) is 0 Å². The fraction of sp³-hybridized carbons (Fsp3) is 0.381. The molecule has 3 nitrogen and oxygen atoms in total. The van der Waals surface area contributed by atoms with Crippen LogP contribution >= 0.6 is 11.6 Å². The van der Waals surface area contributed by atoms with E-state index >= 15 is 0 Å². The maximum Gasteiger partial charge on any atom is 0.220 e. The minimum atomic E-state index is 0.149. The number of halogens is 1. The molecule has 0 aromatic heterocycles. The summed E-state index contributed by atoms with van der Waals surface area (Å²) in [6.07, 6.45) is 3.35. The fourth-order valence-electron chi connectivity index (χ4n) is 3.29. The van der Waals surface area contributed by atoms with Gasteiger partial charge >= 0.3 is 0 Å². The zero-order chi connectivity index (χ0) is 17.5. The Balaban J connectivity index is 1.36. The van der Waals surface area contributed by atoms with Crippen LogP contribution in [-0.2, 0) is 17.8 Å². The number of hydrogen-bond acceptors (Lipinski definition) is 2. The largest absolute Gasteiger partial charge is 0.353 e. The van der Waals surface area contributed by atoms with Gasteiger partial charge in [-0.25, -0.2) is 0 Å². The van der Waals surface area contributed by atoms with Crippen LogP contribution in [0.3, 0.4) is 0 Å². The number of amides is 1. The van der Waals surface area contributed by atoms with E-state index in [0.29, 0.717) is 12.5 Å². The first kappa shape index (κ1) is 18.0. The molecule has 1 heterocycles. The van der Waals surface area contributed by atoms with Crippen LogP contribution in [0.1, 0.15) is 30.4 Å². The molecule has 0 saturated carbocycles. The van der Waals surface area contributed by atoms with Crippen LogP contribution in [-0.4, -0.2) is 29.9 Å². The lowest BCUT2D eigenvalue weighted by atomic mass is 10.0. The van der Waals surface area contributed by atoms with E-state index in [1.807, 2.05) is 24.3 Å². The van der Waals surface area contributed by atoms with Gasteiger partial charge < -0.3 is 5.32 Å². The van der Waals surface area contributed by atoms with Gasteiger partial charge in [-0.05, 0) is 42.5 Å². The van der Waals surface area contributed by atoms with Crippen molar-refractivity contribution < 1.29 is 4.79 Å². The Bertz CT molecular complexity index is 664. The monoisotopic (exact) mass is 356 g/mol. The molecule has 0 atom stereocenters. The number of aryl methyl sites for hydroxylation is 1. The average molecular weight is 357 g/mol. The van der Waals surface area contributed by atoms with E-state index in [4.69, 9.17) is 11.6 Å². The molecule has 1 fully saturated rings. The highest BCUT2D eigenvalue weighted by molar-refractivity contribution is 6.30. The molecule has 1 aliphatic rings. The van der Waals surface area contributed by atoms with Crippen molar-refractivity contribution in [1.29, 1.82) is 0 Å². The first-order chi connectivity index (χ1) is 12.2. The third-order valence-electron chi connectivity index (χ3n) is 4.76. The summed E-state index contributed by atoms with van der Waals surface area (Å²) in [5.74, 6) is 0.149. The van der Waals surface area contributed by atoms with E-state index in [1.54, 1.807) is 0 Å². The van der Waals surface area contributed by atoms with Gasteiger partial charge in [0.05, 0.1) is 0 Å². The summed E-state index contributed by atoms with van der Waals surface area (Å²) in [4.78, 5) is 14.6. The van der Waals surface area contributed by atoms with Crippen molar-refractivity contribution in [3.05, 3.63) is 70.7 Å². The highest BCUT2D eigenvalue weighted by Crippen LogP contribution is 2.15. The Labute approximate surface area is 155 Å². The summed E-state index contributed by atoms with van der Waals surface area (Å²) in [7, 11) is 0. The normalized spacial score (nSPS) is 15.9. The lowest BCUT2D eigenvalue weighted by molar-refractivity contribution is -0.122. The number of carbonyl (C=O) groups is 1. The Morgan fingerprint density at radius 2 is 1.68 bits per heavy atom. The third kappa shape index (κ3) is 5.87. The molecule has 1 amide bonds. The lowest BCUT2D eigenvalue weighted by Gasteiger charge is -2.32.